The third-order valence-corrected chi connectivity index (χ3v) is 4.15. The number of likely N-dealkylation sites (tertiary alicyclic amines) is 1. The minimum Gasteiger partial charge on any atom is -0.493 e. The zero-order valence-corrected chi connectivity index (χ0v) is 12.8. The van der Waals surface area contributed by atoms with Gasteiger partial charge in [0.05, 0.1) is 18.8 Å². The van der Waals surface area contributed by atoms with Gasteiger partial charge in [-0.3, -0.25) is 0 Å². The van der Waals surface area contributed by atoms with Crippen molar-refractivity contribution in [3.63, 3.8) is 0 Å². The van der Waals surface area contributed by atoms with E-state index in [2.05, 4.69) is 18.9 Å². The summed E-state index contributed by atoms with van der Waals surface area (Å²) in [6, 6.07) is 4.72. The fourth-order valence-corrected chi connectivity index (χ4v) is 2.69. The van der Waals surface area contributed by atoms with Crippen molar-refractivity contribution in [2.24, 2.45) is 5.92 Å². The standard InChI is InChI=1S/C16H23NO4/c1-11(12-6-8-17(2)9-7-12)21-14-5-4-13(16(18)19)10-15(14)20-3/h4-5,10-12H,6-9H2,1-3H3,(H,18,19). The van der Waals surface area contributed by atoms with Gasteiger partial charge < -0.3 is 19.5 Å². The average molecular weight is 293 g/mol. The number of benzene rings is 1. The molecule has 1 N–H and O–H groups in total. The number of carboxylic acid groups (broad SMARTS) is 1. The number of aromatic carboxylic acids is 1. The Morgan fingerprint density at radius 2 is 2.00 bits per heavy atom. The second-order valence-electron chi connectivity index (χ2n) is 5.63. The highest BCUT2D eigenvalue weighted by Crippen LogP contribution is 2.31. The predicted octanol–water partition coefficient (Wildman–Crippen LogP) is 2.50. The first-order valence-electron chi connectivity index (χ1n) is 7.27. The molecule has 1 aliphatic rings. The summed E-state index contributed by atoms with van der Waals surface area (Å²) >= 11 is 0. The highest BCUT2D eigenvalue weighted by atomic mass is 16.5. The van der Waals surface area contributed by atoms with E-state index in [0.717, 1.165) is 25.9 Å². The van der Waals surface area contributed by atoms with E-state index in [1.165, 1.54) is 13.2 Å². The number of hydrogen-bond acceptors (Lipinski definition) is 4. The Morgan fingerprint density at radius 3 is 2.57 bits per heavy atom. The number of methoxy groups -OCH3 is 1. The summed E-state index contributed by atoms with van der Waals surface area (Å²) in [6.45, 7) is 4.25. The summed E-state index contributed by atoms with van der Waals surface area (Å²) in [6.07, 6.45) is 2.32. The molecule has 0 amide bonds. The lowest BCUT2D eigenvalue weighted by Gasteiger charge is -2.33. The number of rotatable bonds is 5. The summed E-state index contributed by atoms with van der Waals surface area (Å²) in [5.41, 5.74) is 0.200. The molecule has 0 saturated carbocycles. The van der Waals surface area contributed by atoms with Crippen LogP contribution in [-0.4, -0.2) is 49.3 Å². The van der Waals surface area contributed by atoms with Crippen LogP contribution in [0, 0.1) is 5.92 Å². The summed E-state index contributed by atoms with van der Waals surface area (Å²) in [5, 5.41) is 9.01. The lowest BCUT2D eigenvalue weighted by molar-refractivity contribution is 0.0696. The number of carbonyl (C=O) groups is 1. The molecule has 0 aliphatic carbocycles. The van der Waals surface area contributed by atoms with Crippen LogP contribution in [0.25, 0.3) is 0 Å². The number of carboxylic acids is 1. The molecule has 1 unspecified atom stereocenters. The minimum absolute atomic E-state index is 0.0864. The minimum atomic E-state index is -0.969. The third-order valence-electron chi connectivity index (χ3n) is 4.15. The molecule has 5 heteroatoms. The van der Waals surface area contributed by atoms with Gasteiger partial charge in [0.25, 0.3) is 0 Å². The lowest BCUT2D eigenvalue weighted by Crippen LogP contribution is -2.36. The molecule has 1 saturated heterocycles. The average Bonchev–Trinajstić information content (AvgIpc) is 2.48. The number of piperidine rings is 1. The zero-order valence-electron chi connectivity index (χ0n) is 12.8. The normalized spacial score (nSPS) is 18.2. The number of ether oxygens (including phenoxy) is 2. The van der Waals surface area contributed by atoms with Crippen LogP contribution in [0.1, 0.15) is 30.1 Å². The van der Waals surface area contributed by atoms with Gasteiger partial charge in [0.2, 0.25) is 0 Å². The fourth-order valence-electron chi connectivity index (χ4n) is 2.69. The molecule has 2 rings (SSSR count). The molecule has 0 aromatic heterocycles. The topological polar surface area (TPSA) is 59.0 Å². The smallest absolute Gasteiger partial charge is 0.335 e. The van der Waals surface area contributed by atoms with Crippen molar-refractivity contribution in [2.45, 2.75) is 25.9 Å². The van der Waals surface area contributed by atoms with E-state index in [1.807, 2.05) is 0 Å². The monoisotopic (exact) mass is 293 g/mol. The van der Waals surface area contributed by atoms with Gasteiger partial charge >= 0.3 is 5.97 Å². The van der Waals surface area contributed by atoms with Gasteiger partial charge in [0.1, 0.15) is 0 Å². The van der Waals surface area contributed by atoms with Crippen molar-refractivity contribution in [3.05, 3.63) is 23.8 Å². The maximum atomic E-state index is 11.0. The first-order chi connectivity index (χ1) is 10.0. The highest BCUT2D eigenvalue weighted by molar-refractivity contribution is 5.88. The maximum absolute atomic E-state index is 11.0. The SMILES string of the molecule is COc1cc(C(=O)O)ccc1OC(C)C1CCN(C)CC1. The Labute approximate surface area is 125 Å². The second kappa shape index (κ2) is 6.80. The van der Waals surface area contributed by atoms with Crippen molar-refractivity contribution >= 4 is 5.97 Å². The van der Waals surface area contributed by atoms with Crippen LogP contribution in [0.5, 0.6) is 11.5 Å². The van der Waals surface area contributed by atoms with Gasteiger partial charge in [-0.25, -0.2) is 4.79 Å². The molecule has 116 valence electrons. The first kappa shape index (κ1) is 15.6. The van der Waals surface area contributed by atoms with Gasteiger partial charge in [-0.15, -0.1) is 0 Å². The molecular weight excluding hydrogens is 270 g/mol. The summed E-state index contributed by atoms with van der Waals surface area (Å²) in [5.74, 6) is 0.622. The van der Waals surface area contributed by atoms with Gasteiger partial charge in [-0.05, 0) is 64.0 Å². The molecule has 5 nitrogen and oxygen atoms in total. The molecule has 21 heavy (non-hydrogen) atoms. The number of nitrogens with zero attached hydrogens (tertiary/aromatic N) is 1. The molecule has 0 bridgehead atoms. The Morgan fingerprint density at radius 1 is 1.33 bits per heavy atom. The largest absolute Gasteiger partial charge is 0.493 e. The van der Waals surface area contributed by atoms with E-state index in [-0.39, 0.29) is 11.7 Å². The van der Waals surface area contributed by atoms with E-state index in [9.17, 15) is 4.79 Å². The van der Waals surface area contributed by atoms with E-state index < -0.39 is 5.97 Å². The van der Waals surface area contributed by atoms with Crippen molar-refractivity contribution in [1.82, 2.24) is 4.90 Å². The van der Waals surface area contributed by atoms with Crippen LogP contribution in [-0.2, 0) is 0 Å². The van der Waals surface area contributed by atoms with Crippen LogP contribution in [0.15, 0.2) is 18.2 Å². The van der Waals surface area contributed by atoms with Crippen molar-refractivity contribution in [2.75, 3.05) is 27.2 Å². The number of hydrogen-bond donors (Lipinski definition) is 1. The molecule has 1 aliphatic heterocycles. The molecule has 1 aromatic rings. The van der Waals surface area contributed by atoms with Crippen LogP contribution in [0.2, 0.25) is 0 Å². The van der Waals surface area contributed by atoms with Gasteiger partial charge in [-0.1, -0.05) is 0 Å². The zero-order chi connectivity index (χ0) is 15.4. The molecular formula is C16H23NO4. The van der Waals surface area contributed by atoms with Gasteiger partial charge in [-0.2, -0.15) is 0 Å². The Balaban J connectivity index is 2.06. The highest BCUT2D eigenvalue weighted by Gasteiger charge is 2.24. The Kier molecular flexibility index (Phi) is 5.07. The maximum Gasteiger partial charge on any atom is 0.335 e. The van der Waals surface area contributed by atoms with E-state index in [0.29, 0.717) is 17.4 Å². The quantitative estimate of drug-likeness (QED) is 0.904. The van der Waals surface area contributed by atoms with E-state index in [4.69, 9.17) is 14.6 Å². The summed E-state index contributed by atoms with van der Waals surface area (Å²) in [4.78, 5) is 13.3. The summed E-state index contributed by atoms with van der Waals surface area (Å²) < 4.78 is 11.3. The van der Waals surface area contributed by atoms with Crippen LogP contribution < -0.4 is 9.47 Å². The lowest BCUT2D eigenvalue weighted by atomic mass is 9.92. The van der Waals surface area contributed by atoms with Gasteiger partial charge in [0.15, 0.2) is 11.5 Å². The van der Waals surface area contributed by atoms with Crippen LogP contribution in [0.3, 0.4) is 0 Å². The molecule has 1 heterocycles. The van der Waals surface area contributed by atoms with Crippen molar-refractivity contribution in [1.29, 1.82) is 0 Å². The molecule has 0 radical (unpaired) electrons. The van der Waals surface area contributed by atoms with Crippen molar-refractivity contribution < 1.29 is 19.4 Å². The fraction of sp³-hybridized carbons (Fsp3) is 0.562. The first-order valence-corrected chi connectivity index (χ1v) is 7.27. The summed E-state index contributed by atoms with van der Waals surface area (Å²) in [7, 11) is 3.66. The third kappa shape index (κ3) is 3.88. The Hall–Kier alpha value is -1.75. The predicted molar refractivity (Wildman–Crippen MR) is 80.3 cm³/mol. The van der Waals surface area contributed by atoms with Crippen molar-refractivity contribution in [3.8, 4) is 11.5 Å². The Bertz CT molecular complexity index is 495. The van der Waals surface area contributed by atoms with E-state index in [1.54, 1.807) is 12.1 Å². The molecule has 0 spiro atoms. The second-order valence-corrected chi connectivity index (χ2v) is 5.63. The van der Waals surface area contributed by atoms with Gasteiger partial charge in [0, 0.05) is 0 Å². The molecule has 1 fully saturated rings. The van der Waals surface area contributed by atoms with E-state index >= 15 is 0 Å². The van der Waals surface area contributed by atoms with Crippen LogP contribution in [0.4, 0.5) is 0 Å². The molecule has 1 aromatic carbocycles. The van der Waals surface area contributed by atoms with Crippen LogP contribution >= 0.6 is 0 Å². The molecule has 1 atom stereocenters.